The molecule has 0 aliphatic heterocycles. The van der Waals surface area contributed by atoms with Crippen LogP contribution in [0, 0.1) is 17.6 Å². The van der Waals surface area contributed by atoms with Crippen molar-refractivity contribution < 1.29 is 33.0 Å². The molecule has 0 saturated heterocycles. The summed E-state index contributed by atoms with van der Waals surface area (Å²) in [6.45, 7) is 4.52. The van der Waals surface area contributed by atoms with E-state index in [4.69, 9.17) is 14.6 Å². The van der Waals surface area contributed by atoms with Crippen LogP contribution in [0.1, 0.15) is 32.8 Å². The van der Waals surface area contributed by atoms with Crippen LogP contribution in [0.2, 0.25) is 0 Å². The van der Waals surface area contributed by atoms with Gasteiger partial charge in [0, 0.05) is 11.6 Å². The lowest BCUT2D eigenvalue weighted by Crippen LogP contribution is -2.29. The number of rotatable bonds is 7. The van der Waals surface area contributed by atoms with E-state index >= 15 is 0 Å². The van der Waals surface area contributed by atoms with Crippen molar-refractivity contribution in [2.24, 2.45) is 5.92 Å². The number of carboxylic acids is 1. The van der Waals surface area contributed by atoms with E-state index in [-0.39, 0.29) is 25.2 Å². The van der Waals surface area contributed by atoms with Gasteiger partial charge in [-0.05, 0) is 26.8 Å². The van der Waals surface area contributed by atoms with Crippen LogP contribution in [0.4, 0.5) is 8.78 Å². The number of carbonyl (C=O) groups excluding carboxylic acids is 1. The van der Waals surface area contributed by atoms with Crippen LogP contribution in [0.25, 0.3) is 0 Å². The Bertz CT molecular complexity index is 566. The molecule has 1 rings (SSSR count). The maximum Gasteiger partial charge on any atom is 0.309 e. The zero-order valence-electron chi connectivity index (χ0n) is 13.3. The lowest BCUT2D eigenvalue weighted by molar-refractivity contribution is -0.161. The predicted octanol–water partition coefficient (Wildman–Crippen LogP) is 2.91. The first kappa shape index (κ1) is 19.0. The Morgan fingerprint density at radius 2 is 1.91 bits per heavy atom. The third-order valence-corrected chi connectivity index (χ3v) is 2.77. The Balaban J connectivity index is 2.53. The zero-order chi connectivity index (χ0) is 17.6. The van der Waals surface area contributed by atoms with Crippen LogP contribution in [0.15, 0.2) is 18.2 Å². The van der Waals surface area contributed by atoms with Gasteiger partial charge in [0.15, 0.2) is 0 Å². The predicted molar refractivity (Wildman–Crippen MR) is 77.6 cm³/mol. The molecule has 0 fully saturated rings. The third-order valence-electron chi connectivity index (χ3n) is 2.77. The number of benzene rings is 1. The Morgan fingerprint density at radius 3 is 2.43 bits per heavy atom. The van der Waals surface area contributed by atoms with Crippen molar-refractivity contribution in [1.29, 1.82) is 0 Å². The largest absolute Gasteiger partial charge is 0.481 e. The van der Waals surface area contributed by atoms with Gasteiger partial charge in [-0.15, -0.1) is 0 Å². The van der Waals surface area contributed by atoms with E-state index in [9.17, 15) is 18.4 Å². The van der Waals surface area contributed by atoms with Crippen molar-refractivity contribution in [3.05, 3.63) is 35.4 Å². The summed E-state index contributed by atoms with van der Waals surface area (Å²) in [6, 6.07) is 3.01. The van der Waals surface area contributed by atoms with Crippen molar-refractivity contribution >= 4 is 11.9 Å². The van der Waals surface area contributed by atoms with Crippen LogP contribution in [-0.4, -0.2) is 29.3 Å². The molecular weight excluding hydrogens is 310 g/mol. The van der Waals surface area contributed by atoms with Gasteiger partial charge in [-0.3, -0.25) is 9.59 Å². The highest BCUT2D eigenvalue weighted by molar-refractivity contribution is 5.79. The number of carbonyl (C=O) groups is 2. The minimum Gasteiger partial charge on any atom is -0.481 e. The van der Waals surface area contributed by atoms with Crippen molar-refractivity contribution in [2.75, 3.05) is 6.61 Å². The smallest absolute Gasteiger partial charge is 0.309 e. The highest BCUT2D eigenvalue weighted by atomic mass is 19.1. The van der Waals surface area contributed by atoms with Crippen molar-refractivity contribution in [3.63, 3.8) is 0 Å². The van der Waals surface area contributed by atoms with E-state index in [0.717, 1.165) is 6.07 Å². The fraction of sp³-hybridized carbons (Fsp3) is 0.500. The Kier molecular flexibility index (Phi) is 6.62. The molecule has 0 amide bonds. The average molecular weight is 330 g/mol. The van der Waals surface area contributed by atoms with Gasteiger partial charge in [-0.25, -0.2) is 8.78 Å². The summed E-state index contributed by atoms with van der Waals surface area (Å²) in [5, 5.41) is 9.10. The molecule has 0 aliphatic rings. The van der Waals surface area contributed by atoms with Gasteiger partial charge in [0.05, 0.1) is 25.6 Å². The molecule has 23 heavy (non-hydrogen) atoms. The summed E-state index contributed by atoms with van der Waals surface area (Å²) in [5.74, 6) is -4.45. The molecule has 1 aromatic rings. The maximum atomic E-state index is 13.4. The van der Waals surface area contributed by atoms with Gasteiger partial charge in [0.1, 0.15) is 17.2 Å². The van der Waals surface area contributed by atoms with Gasteiger partial charge in [-0.1, -0.05) is 6.07 Å². The van der Waals surface area contributed by atoms with Gasteiger partial charge >= 0.3 is 11.9 Å². The first-order valence-electron chi connectivity index (χ1n) is 7.05. The molecule has 5 nitrogen and oxygen atoms in total. The van der Waals surface area contributed by atoms with E-state index in [1.165, 1.54) is 6.07 Å². The Morgan fingerprint density at radius 1 is 1.26 bits per heavy atom. The highest BCUT2D eigenvalue weighted by Gasteiger charge is 2.25. The molecule has 1 aromatic carbocycles. The molecular formula is C16H20F2O5. The minimum atomic E-state index is -1.21. The second-order valence-electron chi connectivity index (χ2n) is 6.08. The van der Waals surface area contributed by atoms with Crippen LogP contribution in [0.5, 0.6) is 0 Å². The summed E-state index contributed by atoms with van der Waals surface area (Å²) in [5.41, 5.74) is -0.606. The molecule has 0 aliphatic carbocycles. The van der Waals surface area contributed by atoms with E-state index < -0.39 is 35.1 Å². The van der Waals surface area contributed by atoms with E-state index in [2.05, 4.69) is 0 Å². The van der Waals surface area contributed by atoms with Crippen molar-refractivity contribution in [3.8, 4) is 0 Å². The molecule has 0 bridgehead atoms. The van der Waals surface area contributed by atoms with Crippen LogP contribution < -0.4 is 0 Å². The molecule has 0 radical (unpaired) electrons. The minimum absolute atomic E-state index is 0.104. The Labute approximate surface area is 133 Å². The van der Waals surface area contributed by atoms with Crippen LogP contribution >= 0.6 is 0 Å². The first-order chi connectivity index (χ1) is 10.6. The fourth-order valence-corrected chi connectivity index (χ4v) is 1.75. The number of halogens is 2. The topological polar surface area (TPSA) is 72.8 Å². The number of hydrogen-bond acceptors (Lipinski definition) is 4. The maximum absolute atomic E-state index is 13.4. The summed E-state index contributed by atoms with van der Waals surface area (Å²) in [7, 11) is 0. The molecule has 0 aromatic heterocycles. The summed E-state index contributed by atoms with van der Waals surface area (Å²) in [4.78, 5) is 22.8. The number of hydrogen-bond donors (Lipinski definition) is 1. The highest BCUT2D eigenvalue weighted by Crippen LogP contribution is 2.15. The molecule has 0 saturated carbocycles. The number of carboxylic acid groups (broad SMARTS) is 1. The monoisotopic (exact) mass is 330 g/mol. The van der Waals surface area contributed by atoms with Gasteiger partial charge in [-0.2, -0.15) is 0 Å². The lowest BCUT2D eigenvalue weighted by atomic mass is 10.1. The molecule has 0 unspecified atom stereocenters. The van der Waals surface area contributed by atoms with Crippen molar-refractivity contribution in [2.45, 2.75) is 39.4 Å². The van der Waals surface area contributed by atoms with Crippen LogP contribution in [-0.2, 0) is 25.7 Å². The Hall–Kier alpha value is -2.02. The summed E-state index contributed by atoms with van der Waals surface area (Å²) >= 11 is 0. The lowest BCUT2D eigenvalue weighted by Gasteiger charge is -2.21. The van der Waals surface area contributed by atoms with Gasteiger partial charge in [0.25, 0.3) is 0 Å². The molecule has 0 heterocycles. The second-order valence-corrected chi connectivity index (χ2v) is 6.08. The quantitative estimate of drug-likeness (QED) is 0.778. The molecule has 128 valence electrons. The van der Waals surface area contributed by atoms with Crippen molar-refractivity contribution in [1.82, 2.24) is 0 Å². The standard InChI is InChI=1S/C16H20F2O5/c1-16(2,3)23-14(19)6-11(15(20)21)9-22-8-10-4-5-12(17)7-13(10)18/h4-5,7,11H,6,8-9H2,1-3H3,(H,20,21)/t11-/m1/s1. The fourth-order valence-electron chi connectivity index (χ4n) is 1.75. The molecule has 1 atom stereocenters. The molecule has 7 heteroatoms. The molecule has 0 spiro atoms. The van der Waals surface area contributed by atoms with E-state index in [1.807, 2.05) is 0 Å². The zero-order valence-corrected chi connectivity index (χ0v) is 13.3. The first-order valence-corrected chi connectivity index (χ1v) is 7.05. The number of esters is 1. The number of aliphatic carboxylic acids is 1. The summed E-state index contributed by atoms with van der Waals surface area (Å²) < 4.78 is 36.4. The van der Waals surface area contributed by atoms with Gasteiger partial charge < -0.3 is 14.6 Å². The normalized spacial score (nSPS) is 12.7. The molecule has 1 N–H and O–H groups in total. The van der Waals surface area contributed by atoms with E-state index in [1.54, 1.807) is 20.8 Å². The van der Waals surface area contributed by atoms with E-state index in [0.29, 0.717) is 6.07 Å². The number of ether oxygens (including phenoxy) is 2. The second kappa shape index (κ2) is 8.01. The van der Waals surface area contributed by atoms with Gasteiger partial charge in [0.2, 0.25) is 0 Å². The average Bonchev–Trinajstić information content (AvgIpc) is 2.37. The summed E-state index contributed by atoms with van der Waals surface area (Å²) in [6.07, 6.45) is -0.349. The SMILES string of the molecule is CC(C)(C)OC(=O)C[C@H](COCc1ccc(F)cc1F)C(=O)O. The third kappa shape index (κ3) is 7.19. The van der Waals surface area contributed by atoms with Crippen LogP contribution in [0.3, 0.4) is 0 Å².